The number of piperazine rings is 1. The molecule has 2 aromatic carbocycles. The number of rotatable bonds is 5. The fourth-order valence-corrected chi connectivity index (χ4v) is 3.31. The molecule has 0 N–H and O–H groups in total. The van der Waals surface area contributed by atoms with Crippen molar-refractivity contribution in [3.8, 4) is 5.75 Å². The van der Waals surface area contributed by atoms with Gasteiger partial charge in [-0.3, -0.25) is 9.69 Å². The van der Waals surface area contributed by atoms with Gasteiger partial charge in [0.2, 0.25) is 0 Å². The van der Waals surface area contributed by atoms with Crippen LogP contribution in [0.5, 0.6) is 5.75 Å². The van der Waals surface area contributed by atoms with Gasteiger partial charge in [0.1, 0.15) is 5.75 Å². The predicted octanol–water partition coefficient (Wildman–Crippen LogP) is 3.34. The summed E-state index contributed by atoms with van der Waals surface area (Å²) in [6, 6.07) is 14.5. The summed E-state index contributed by atoms with van der Waals surface area (Å²) < 4.78 is 5.76. The molecule has 1 aliphatic heterocycles. The van der Waals surface area contributed by atoms with Gasteiger partial charge in [-0.25, -0.2) is 0 Å². The van der Waals surface area contributed by atoms with Gasteiger partial charge in [-0.15, -0.1) is 0 Å². The fourth-order valence-electron chi connectivity index (χ4n) is 3.31. The molecule has 0 spiro atoms. The van der Waals surface area contributed by atoms with Crippen LogP contribution in [0, 0.1) is 20.8 Å². The summed E-state index contributed by atoms with van der Waals surface area (Å²) in [6.45, 7) is 10.6. The molecular weight excluding hydrogens is 324 g/mol. The zero-order chi connectivity index (χ0) is 18.5. The molecule has 0 saturated carbocycles. The molecule has 26 heavy (non-hydrogen) atoms. The van der Waals surface area contributed by atoms with E-state index in [4.69, 9.17) is 4.74 Å². The van der Waals surface area contributed by atoms with E-state index in [2.05, 4.69) is 49.9 Å². The number of hydrogen-bond donors (Lipinski definition) is 0. The van der Waals surface area contributed by atoms with E-state index in [1.807, 2.05) is 23.1 Å². The van der Waals surface area contributed by atoms with Crippen molar-refractivity contribution >= 4 is 5.91 Å². The van der Waals surface area contributed by atoms with Gasteiger partial charge in [0.25, 0.3) is 5.91 Å². The molecule has 3 rings (SSSR count). The van der Waals surface area contributed by atoms with E-state index in [0.717, 1.165) is 38.5 Å². The van der Waals surface area contributed by atoms with Gasteiger partial charge in [-0.1, -0.05) is 30.3 Å². The molecule has 0 bridgehead atoms. The first kappa shape index (κ1) is 18.5. The smallest absolute Gasteiger partial charge is 0.260 e. The average Bonchev–Trinajstić information content (AvgIpc) is 2.65. The van der Waals surface area contributed by atoms with Crippen LogP contribution in [-0.4, -0.2) is 48.5 Å². The van der Waals surface area contributed by atoms with Gasteiger partial charge in [-0.2, -0.15) is 0 Å². The zero-order valence-corrected chi connectivity index (χ0v) is 16.0. The molecule has 0 radical (unpaired) electrons. The van der Waals surface area contributed by atoms with Crippen LogP contribution in [0.1, 0.15) is 22.3 Å². The highest BCUT2D eigenvalue weighted by atomic mass is 16.5. The molecule has 1 fully saturated rings. The highest BCUT2D eigenvalue weighted by Gasteiger charge is 2.21. The Balaban J connectivity index is 1.46. The lowest BCUT2D eigenvalue weighted by Gasteiger charge is -2.34. The Kier molecular flexibility index (Phi) is 5.94. The van der Waals surface area contributed by atoms with Gasteiger partial charge < -0.3 is 9.64 Å². The van der Waals surface area contributed by atoms with E-state index in [9.17, 15) is 4.79 Å². The Hall–Kier alpha value is -2.33. The number of carbonyl (C=O) groups excluding carboxylic acids is 1. The minimum atomic E-state index is 0.0697. The molecule has 0 unspecified atom stereocenters. The fraction of sp³-hybridized carbons (Fsp3) is 0.409. The normalized spacial score (nSPS) is 15.1. The molecular formula is C22H28N2O2. The molecule has 138 valence electrons. The van der Waals surface area contributed by atoms with E-state index in [0.29, 0.717) is 0 Å². The number of carbonyl (C=O) groups is 1. The molecule has 1 amide bonds. The third kappa shape index (κ3) is 4.64. The molecule has 4 heteroatoms. The van der Waals surface area contributed by atoms with Gasteiger partial charge in [0.05, 0.1) is 0 Å². The minimum absolute atomic E-state index is 0.0697. The Bertz CT molecular complexity index is 727. The summed E-state index contributed by atoms with van der Waals surface area (Å²) in [5, 5.41) is 0. The van der Waals surface area contributed by atoms with E-state index >= 15 is 0 Å². The Morgan fingerprint density at radius 2 is 1.58 bits per heavy atom. The number of ether oxygens (including phenoxy) is 1. The van der Waals surface area contributed by atoms with Crippen LogP contribution in [0.4, 0.5) is 0 Å². The summed E-state index contributed by atoms with van der Waals surface area (Å²) in [6.07, 6.45) is 0. The minimum Gasteiger partial charge on any atom is -0.484 e. The summed E-state index contributed by atoms with van der Waals surface area (Å²) in [5.41, 5.74) is 4.99. The van der Waals surface area contributed by atoms with Gasteiger partial charge in [0, 0.05) is 32.7 Å². The van der Waals surface area contributed by atoms with Crippen molar-refractivity contribution in [2.24, 2.45) is 0 Å². The first-order chi connectivity index (χ1) is 12.5. The maximum Gasteiger partial charge on any atom is 0.260 e. The maximum absolute atomic E-state index is 12.5. The third-order valence-corrected chi connectivity index (χ3v) is 5.24. The highest BCUT2D eigenvalue weighted by molar-refractivity contribution is 5.77. The molecule has 1 aliphatic rings. The topological polar surface area (TPSA) is 32.8 Å². The van der Waals surface area contributed by atoms with Crippen molar-refractivity contribution in [1.82, 2.24) is 9.80 Å². The van der Waals surface area contributed by atoms with Crippen LogP contribution < -0.4 is 4.74 Å². The van der Waals surface area contributed by atoms with E-state index in [1.165, 1.54) is 22.3 Å². The van der Waals surface area contributed by atoms with Crippen LogP contribution in [0.2, 0.25) is 0 Å². The number of nitrogens with zero attached hydrogens (tertiary/aromatic N) is 2. The Labute approximate surface area is 156 Å². The molecule has 2 aromatic rings. The van der Waals surface area contributed by atoms with E-state index in [-0.39, 0.29) is 12.5 Å². The van der Waals surface area contributed by atoms with Gasteiger partial charge >= 0.3 is 0 Å². The second-order valence-corrected chi connectivity index (χ2v) is 7.11. The molecule has 0 aliphatic carbocycles. The van der Waals surface area contributed by atoms with E-state index < -0.39 is 0 Å². The summed E-state index contributed by atoms with van der Waals surface area (Å²) in [7, 11) is 0. The van der Waals surface area contributed by atoms with Crippen LogP contribution >= 0.6 is 0 Å². The lowest BCUT2D eigenvalue weighted by molar-refractivity contribution is -0.135. The molecule has 0 aromatic heterocycles. The number of amides is 1. The van der Waals surface area contributed by atoms with Crippen LogP contribution in [0.3, 0.4) is 0 Å². The Morgan fingerprint density at radius 1 is 0.962 bits per heavy atom. The Morgan fingerprint density at radius 3 is 2.19 bits per heavy atom. The van der Waals surface area contributed by atoms with Crippen molar-refractivity contribution in [2.75, 3.05) is 32.8 Å². The molecule has 4 nitrogen and oxygen atoms in total. The average molecular weight is 352 g/mol. The van der Waals surface area contributed by atoms with Crippen molar-refractivity contribution in [1.29, 1.82) is 0 Å². The van der Waals surface area contributed by atoms with E-state index in [1.54, 1.807) is 0 Å². The number of hydrogen-bond acceptors (Lipinski definition) is 3. The highest BCUT2D eigenvalue weighted by Crippen LogP contribution is 2.21. The maximum atomic E-state index is 12.5. The zero-order valence-electron chi connectivity index (χ0n) is 16.0. The first-order valence-corrected chi connectivity index (χ1v) is 9.27. The van der Waals surface area contributed by atoms with Gasteiger partial charge in [0.15, 0.2) is 6.61 Å². The lowest BCUT2D eigenvalue weighted by Crippen LogP contribution is -2.49. The van der Waals surface area contributed by atoms with Crippen LogP contribution in [0.15, 0.2) is 42.5 Å². The second kappa shape index (κ2) is 8.37. The SMILES string of the molecule is Cc1cc(OCC(=O)N2CCN(Cc3ccccc3)CC2)cc(C)c1C. The molecule has 1 saturated heterocycles. The quantitative estimate of drug-likeness (QED) is 0.827. The van der Waals surface area contributed by atoms with Crippen LogP contribution in [0.25, 0.3) is 0 Å². The van der Waals surface area contributed by atoms with Crippen molar-refractivity contribution in [3.05, 3.63) is 64.7 Å². The second-order valence-electron chi connectivity index (χ2n) is 7.11. The van der Waals surface area contributed by atoms with Gasteiger partial charge in [-0.05, 0) is 55.2 Å². The molecule has 1 heterocycles. The number of benzene rings is 2. The molecule has 0 atom stereocenters. The third-order valence-electron chi connectivity index (χ3n) is 5.24. The van der Waals surface area contributed by atoms with Crippen molar-refractivity contribution in [3.63, 3.8) is 0 Å². The monoisotopic (exact) mass is 352 g/mol. The number of aryl methyl sites for hydroxylation is 2. The van der Waals surface area contributed by atoms with Crippen molar-refractivity contribution in [2.45, 2.75) is 27.3 Å². The summed E-state index contributed by atoms with van der Waals surface area (Å²) >= 11 is 0. The van der Waals surface area contributed by atoms with Crippen LogP contribution in [-0.2, 0) is 11.3 Å². The lowest BCUT2D eigenvalue weighted by atomic mass is 10.0. The van der Waals surface area contributed by atoms with Crippen molar-refractivity contribution < 1.29 is 9.53 Å². The largest absolute Gasteiger partial charge is 0.484 e. The standard InChI is InChI=1S/C22H28N2O2/c1-17-13-21(14-18(2)19(17)3)26-16-22(25)24-11-9-23(10-12-24)15-20-7-5-4-6-8-20/h4-8,13-14H,9-12,15-16H2,1-3H3. The summed E-state index contributed by atoms with van der Waals surface area (Å²) in [5.74, 6) is 0.849. The predicted molar refractivity (Wildman–Crippen MR) is 104 cm³/mol. The first-order valence-electron chi connectivity index (χ1n) is 9.27. The summed E-state index contributed by atoms with van der Waals surface area (Å²) in [4.78, 5) is 16.8.